The topological polar surface area (TPSA) is 94.0 Å². The molecule has 0 saturated carbocycles. The summed E-state index contributed by atoms with van der Waals surface area (Å²) in [5.41, 5.74) is 7.89. The molecule has 0 radical (unpaired) electrons. The number of carbonyl (C=O) groups is 1. The van der Waals surface area contributed by atoms with Crippen molar-refractivity contribution >= 4 is 18.3 Å². The van der Waals surface area contributed by atoms with Crippen LogP contribution < -0.4 is 11.1 Å². The first-order valence-corrected chi connectivity index (χ1v) is 8.44. The molecule has 1 aromatic carbocycles. The molecule has 0 unspecified atom stereocenters. The van der Waals surface area contributed by atoms with E-state index in [-0.39, 0.29) is 18.3 Å². The predicted octanol–water partition coefficient (Wildman–Crippen LogP) is 2.75. The van der Waals surface area contributed by atoms with Gasteiger partial charge in [-0.15, -0.1) is 12.4 Å². The van der Waals surface area contributed by atoms with Crippen molar-refractivity contribution in [3.63, 3.8) is 0 Å². The van der Waals surface area contributed by atoms with Gasteiger partial charge in [0.2, 0.25) is 5.91 Å². The quantitative estimate of drug-likeness (QED) is 0.749. The van der Waals surface area contributed by atoms with Gasteiger partial charge in [0, 0.05) is 18.5 Å². The Morgan fingerprint density at radius 2 is 1.96 bits per heavy atom. The molecule has 0 fully saturated rings. The molecule has 0 aliphatic carbocycles. The number of nitrogens with one attached hydrogen (secondary N) is 1. The minimum atomic E-state index is -0.433. The normalized spacial score (nSPS) is 11.9. The second kappa shape index (κ2) is 10.2. The Morgan fingerprint density at radius 1 is 1.28 bits per heavy atom. The second-order valence-electron chi connectivity index (χ2n) is 6.34. The molecule has 0 aliphatic heterocycles. The minimum absolute atomic E-state index is 0. The maximum Gasteiger partial charge on any atom is 0.257 e. The maximum atomic E-state index is 11.9. The highest BCUT2D eigenvalue weighted by atomic mass is 35.5. The van der Waals surface area contributed by atoms with Crippen LogP contribution in [0.4, 0.5) is 0 Å². The van der Waals surface area contributed by atoms with Gasteiger partial charge in [0.25, 0.3) is 5.89 Å². The molecule has 1 heterocycles. The van der Waals surface area contributed by atoms with Crippen LogP contribution >= 0.6 is 12.4 Å². The summed E-state index contributed by atoms with van der Waals surface area (Å²) in [6, 6.07) is 7.48. The summed E-state index contributed by atoms with van der Waals surface area (Å²) in [7, 11) is 0. The summed E-state index contributed by atoms with van der Waals surface area (Å²) >= 11 is 0. The summed E-state index contributed by atoms with van der Waals surface area (Å²) in [5.74, 6) is 1.57. The van der Waals surface area contributed by atoms with Crippen LogP contribution in [0.3, 0.4) is 0 Å². The second-order valence-corrected chi connectivity index (χ2v) is 6.34. The van der Waals surface area contributed by atoms with Crippen molar-refractivity contribution in [3.8, 4) is 11.5 Å². The molecule has 1 atom stereocenters. The van der Waals surface area contributed by atoms with E-state index in [1.807, 2.05) is 31.2 Å². The first kappa shape index (κ1) is 21.1. The molecule has 1 amide bonds. The van der Waals surface area contributed by atoms with Crippen LogP contribution in [-0.4, -0.2) is 28.6 Å². The van der Waals surface area contributed by atoms with E-state index < -0.39 is 6.04 Å². The number of amides is 1. The molecule has 0 aliphatic rings. The summed E-state index contributed by atoms with van der Waals surface area (Å²) in [5, 5.41) is 6.78. The number of rotatable bonds is 8. The van der Waals surface area contributed by atoms with Crippen LogP contribution in [0.5, 0.6) is 0 Å². The number of carbonyl (C=O) groups excluding carboxylic acids is 1. The maximum absolute atomic E-state index is 11.9. The fraction of sp³-hybridized carbons (Fsp3) is 0.500. The van der Waals surface area contributed by atoms with E-state index in [1.54, 1.807) is 0 Å². The van der Waals surface area contributed by atoms with Crippen molar-refractivity contribution in [1.82, 2.24) is 15.5 Å². The van der Waals surface area contributed by atoms with Gasteiger partial charge in [0.1, 0.15) is 0 Å². The summed E-state index contributed by atoms with van der Waals surface area (Å²) in [6.45, 7) is 6.67. The Hall–Kier alpha value is -1.92. The predicted molar refractivity (Wildman–Crippen MR) is 101 cm³/mol. The fourth-order valence-electron chi connectivity index (χ4n) is 2.40. The van der Waals surface area contributed by atoms with E-state index in [2.05, 4.69) is 29.3 Å². The van der Waals surface area contributed by atoms with Crippen molar-refractivity contribution in [2.45, 2.75) is 46.1 Å². The number of nitrogens with two attached hydrogens (primary N) is 1. The van der Waals surface area contributed by atoms with Crippen LogP contribution in [0.15, 0.2) is 28.8 Å². The number of benzene rings is 1. The van der Waals surface area contributed by atoms with Crippen LogP contribution in [0.1, 0.15) is 38.6 Å². The molecule has 2 aromatic rings. The van der Waals surface area contributed by atoms with Crippen molar-refractivity contribution in [2.75, 3.05) is 6.54 Å². The molecular weight excluding hydrogens is 340 g/mol. The highest BCUT2D eigenvalue weighted by Crippen LogP contribution is 2.18. The number of aryl methyl sites for hydroxylation is 1. The van der Waals surface area contributed by atoms with Gasteiger partial charge >= 0.3 is 0 Å². The average Bonchev–Trinajstić information content (AvgIpc) is 3.04. The number of hydrogen-bond donors (Lipinski definition) is 2. The van der Waals surface area contributed by atoms with E-state index in [0.29, 0.717) is 30.6 Å². The SMILES string of the molecule is CCc1noc(-c2ccc(CCNC(=O)[C@@H](N)CC(C)C)cc2)n1.Cl. The third kappa shape index (κ3) is 6.48. The third-order valence-corrected chi connectivity index (χ3v) is 3.76. The highest BCUT2D eigenvalue weighted by molar-refractivity contribution is 5.85. The van der Waals surface area contributed by atoms with Gasteiger partial charge in [-0.3, -0.25) is 4.79 Å². The van der Waals surface area contributed by atoms with Gasteiger partial charge in [-0.1, -0.05) is 38.1 Å². The molecule has 0 saturated heterocycles. The first-order valence-electron chi connectivity index (χ1n) is 8.44. The first-order chi connectivity index (χ1) is 11.5. The Bertz CT molecular complexity index is 655. The van der Waals surface area contributed by atoms with Gasteiger partial charge in [-0.05, 0) is 36.5 Å². The van der Waals surface area contributed by atoms with Crippen molar-refractivity contribution < 1.29 is 9.32 Å². The van der Waals surface area contributed by atoms with Crippen LogP contribution in [0, 0.1) is 5.92 Å². The van der Waals surface area contributed by atoms with Gasteiger partial charge in [-0.25, -0.2) is 0 Å². The lowest BCUT2D eigenvalue weighted by atomic mass is 10.0. The molecule has 0 spiro atoms. The van der Waals surface area contributed by atoms with Crippen LogP contribution in [-0.2, 0) is 17.6 Å². The molecule has 1 aromatic heterocycles. The van der Waals surface area contributed by atoms with Gasteiger partial charge in [0.15, 0.2) is 5.82 Å². The number of nitrogens with zero attached hydrogens (tertiary/aromatic N) is 2. The molecule has 3 N–H and O–H groups in total. The van der Waals surface area contributed by atoms with Gasteiger partial charge < -0.3 is 15.6 Å². The number of halogens is 1. The fourth-order valence-corrected chi connectivity index (χ4v) is 2.40. The zero-order valence-electron chi connectivity index (χ0n) is 15.0. The summed E-state index contributed by atoms with van der Waals surface area (Å²) in [6.07, 6.45) is 2.20. The lowest BCUT2D eigenvalue weighted by Gasteiger charge is -2.14. The van der Waals surface area contributed by atoms with E-state index in [4.69, 9.17) is 10.3 Å². The largest absolute Gasteiger partial charge is 0.354 e. The van der Waals surface area contributed by atoms with E-state index in [9.17, 15) is 4.79 Å². The highest BCUT2D eigenvalue weighted by Gasteiger charge is 2.14. The van der Waals surface area contributed by atoms with Crippen molar-refractivity contribution in [2.24, 2.45) is 11.7 Å². The molecule has 25 heavy (non-hydrogen) atoms. The molecule has 6 nitrogen and oxygen atoms in total. The monoisotopic (exact) mass is 366 g/mol. The zero-order valence-corrected chi connectivity index (χ0v) is 15.8. The number of aromatic nitrogens is 2. The van der Waals surface area contributed by atoms with Crippen LogP contribution in [0.2, 0.25) is 0 Å². The van der Waals surface area contributed by atoms with Crippen LogP contribution in [0.25, 0.3) is 11.5 Å². The van der Waals surface area contributed by atoms with Crippen molar-refractivity contribution in [1.29, 1.82) is 0 Å². The zero-order chi connectivity index (χ0) is 17.5. The standard InChI is InChI=1S/C18H26N4O2.ClH/c1-4-16-21-18(24-22-16)14-7-5-13(6-8-14)9-10-20-17(23)15(19)11-12(2)3;/h5-8,12,15H,4,9-11,19H2,1-3H3,(H,20,23);1H/t15-;/m0./s1. The third-order valence-electron chi connectivity index (χ3n) is 3.76. The molecular formula is C18H27ClN4O2. The summed E-state index contributed by atoms with van der Waals surface area (Å²) in [4.78, 5) is 16.2. The van der Waals surface area contributed by atoms with Gasteiger partial charge in [0.05, 0.1) is 6.04 Å². The van der Waals surface area contributed by atoms with E-state index in [0.717, 1.165) is 24.0 Å². The molecule has 138 valence electrons. The molecule has 0 bridgehead atoms. The molecule has 2 rings (SSSR count). The number of hydrogen-bond acceptors (Lipinski definition) is 5. The van der Waals surface area contributed by atoms with Gasteiger partial charge in [-0.2, -0.15) is 4.98 Å². The van der Waals surface area contributed by atoms with E-state index >= 15 is 0 Å². The molecule has 7 heteroatoms. The summed E-state index contributed by atoms with van der Waals surface area (Å²) < 4.78 is 5.22. The Morgan fingerprint density at radius 3 is 2.52 bits per heavy atom. The Kier molecular flexibility index (Phi) is 8.58. The smallest absolute Gasteiger partial charge is 0.257 e. The lowest BCUT2D eigenvalue weighted by Crippen LogP contribution is -2.42. The Balaban J connectivity index is 0.00000312. The van der Waals surface area contributed by atoms with Crippen molar-refractivity contribution in [3.05, 3.63) is 35.7 Å². The van der Waals surface area contributed by atoms with E-state index in [1.165, 1.54) is 0 Å². The lowest BCUT2D eigenvalue weighted by molar-refractivity contribution is -0.122. The Labute approximate surface area is 155 Å². The minimum Gasteiger partial charge on any atom is -0.354 e. The average molecular weight is 367 g/mol.